The van der Waals surface area contributed by atoms with Gasteiger partial charge in [-0.1, -0.05) is 24.6 Å². The van der Waals surface area contributed by atoms with Crippen LogP contribution < -0.4 is 4.90 Å². The molecule has 23 heavy (non-hydrogen) atoms. The predicted molar refractivity (Wildman–Crippen MR) is 86.6 cm³/mol. The third-order valence-corrected chi connectivity index (χ3v) is 4.21. The van der Waals surface area contributed by atoms with E-state index < -0.39 is 5.97 Å². The van der Waals surface area contributed by atoms with Crippen LogP contribution in [0.5, 0.6) is 0 Å². The van der Waals surface area contributed by atoms with Gasteiger partial charge < -0.3 is 5.11 Å². The monoisotopic (exact) mass is 333 g/mol. The van der Waals surface area contributed by atoms with Crippen molar-refractivity contribution in [3.05, 3.63) is 39.7 Å². The molecule has 3 rings (SSSR count). The molecule has 1 aromatic carbocycles. The number of rotatable bonds is 3. The number of imidazole rings is 1. The zero-order chi connectivity index (χ0) is 16.9. The number of aryl methyl sites for hydroxylation is 3. The van der Waals surface area contributed by atoms with Gasteiger partial charge in [-0.05, 0) is 37.5 Å². The van der Waals surface area contributed by atoms with Gasteiger partial charge in [0.15, 0.2) is 5.69 Å². The Labute approximate surface area is 138 Å². The van der Waals surface area contributed by atoms with Crippen LogP contribution in [0.15, 0.2) is 12.1 Å². The normalized spacial score (nSPS) is 13.6. The topological polar surface area (TPSA) is 75.4 Å². The number of nitrogens with zero attached hydrogens (tertiary/aromatic N) is 3. The molecule has 0 unspecified atom stereocenters. The summed E-state index contributed by atoms with van der Waals surface area (Å²) in [6.45, 7) is 5.58. The van der Waals surface area contributed by atoms with Gasteiger partial charge >= 0.3 is 5.97 Å². The molecule has 1 aliphatic rings. The minimum absolute atomic E-state index is 0.0480. The first kappa shape index (κ1) is 15.6. The molecule has 7 heteroatoms. The van der Waals surface area contributed by atoms with E-state index in [0.29, 0.717) is 28.8 Å². The van der Waals surface area contributed by atoms with Gasteiger partial charge in [0.25, 0.3) is 5.91 Å². The second-order valence-electron chi connectivity index (χ2n) is 5.59. The van der Waals surface area contributed by atoms with Crippen LogP contribution >= 0.6 is 11.6 Å². The third-order valence-electron chi connectivity index (χ3n) is 3.92. The van der Waals surface area contributed by atoms with Crippen molar-refractivity contribution in [2.75, 3.05) is 4.90 Å². The molecule has 0 aliphatic carbocycles. The first-order chi connectivity index (χ1) is 10.8. The van der Waals surface area contributed by atoms with E-state index in [1.165, 1.54) is 9.47 Å². The Bertz CT molecular complexity index is 818. The summed E-state index contributed by atoms with van der Waals surface area (Å²) < 4.78 is 1.44. The zero-order valence-electron chi connectivity index (χ0n) is 13.1. The Hall–Kier alpha value is -2.34. The molecule has 1 aromatic heterocycles. The fourth-order valence-corrected chi connectivity index (χ4v) is 3.43. The molecule has 0 radical (unpaired) electrons. The van der Waals surface area contributed by atoms with Crippen molar-refractivity contribution < 1.29 is 14.7 Å². The molecule has 0 atom stereocenters. The fourth-order valence-electron chi connectivity index (χ4n) is 3.03. The molecule has 0 bridgehead atoms. The smallest absolute Gasteiger partial charge is 0.354 e. The maximum absolute atomic E-state index is 12.5. The highest BCUT2D eigenvalue weighted by Gasteiger charge is 2.37. The standard InChI is InChI=1S/C16H16ClN3O3/c1-4-11-14(15(22)23)19-7-12(21)20(16(19)18-11)13-9(3)5-8(2)6-10(13)17/h5-6H,4,7H2,1-3H3,(H,22,23). The molecule has 0 saturated carbocycles. The summed E-state index contributed by atoms with van der Waals surface area (Å²) in [5.74, 6) is -1.01. The summed E-state index contributed by atoms with van der Waals surface area (Å²) in [6.07, 6.45) is 0.476. The van der Waals surface area contributed by atoms with Crippen LogP contribution in [0, 0.1) is 13.8 Å². The SMILES string of the molecule is CCc1nc2n(c1C(=O)O)CC(=O)N2c1c(C)cc(C)cc1Cl. The first-order valence-corrected chi connectivity index (χ1v) is 7.65. The highest BCUT2D eigenvalue weighted by Crippen LogP contribution is 2.39. The number of benzene rings is 1. The van der Waals surface area contributed by atoms with Crippen LogP contribution in [-0.2, 0) is 17.8 Å². The van der Waals surface area contributed by atoms with Crippen molar-refractivity contribution >= 4 is 35.1 Å². The van der Waals surface area contributed by atoms with Crippen molar-refractivity contribution in [2.45, 2.75) is 33.7 Å². The Balaban J connectivity index is 2.23. The maximum Gasteiger partial charge on any atom is 0.354 e. The molecule has 1 amide bonds. The van der Waals surface area contributed by atoms with Crippen LogP contribution in [0.2, 0.25) is 5.02 Å². The largest absolute Gasteiger partial charge is 0.477 e. The van der Waals surface area contributed by atoms with Gasteiger partial charge in [-0.15, -0.1) is 0 Å². The third kappa shape index (κ3) is 2.30. The number of carboxylic acid groups (broad SMARTS) is 1. The second kappa shape index (κ2) is 5.38. The molecule has 2 heterocycles. The lowest BCUT2D eigenvalue weighted by Crippen LogP contribution is -2.23. The van der Waals surface area contributed by atoms with E-state index in [2.05, 4.69) is 4.98 Å². The fraction of sp³-hybridized carbons (Fsp3) is 0.312. The van der Waals surface area contributed by atoms with Crippen molar-refractivity contribution in [3.8, 4) is 0 Å². The molecular formula is C16H16ClN3O3. The van der Waals surface area contributed by atoms with Crippen LogP contribution in [-0.4, -0.2) is 26.5 Å². The number of halogens is 1. The molecule has 0 saturated heterocycles. The molecule has 1 N–H and O–H groups in total. The summed E-state index contributed by atoms with van der Waals surface area (Å²) in [5, 5.41) is 9.87. The minimum atomic E-state index is -1.08. The molecule has 6 nitrogen and oxygen atoms in total. The van der Waals surface area contributed by atoms with Crippen molar-refractivity contribution in [3.63, 3.8) is 0 Å². The number of anilines is 2. The van der Waals surface area contributed by atoms with E-state index in [1.807, 2.05) is 26.8 Å². The Kier molecular flexibility index (Phi) is 3.64. The van der Waals surface area contributed by atoms with Gasteiger partial charge in [0.05, 0.1) is 16.4 Å². The van der Waals surface area contributed by atoms with Gasteiger partial charge in [-0.2, -0.15) is 0 Å². The van der Waals surface area contributed by atoms with Crippen LogP contribution in [0.4, 0.5) is 11.6 Å². The average molecular weight is 334 g/mol. The summed E-state index contributed by atoms with van der Waals surface area (Å²) >= 11 is 6.34. The van der Waals surface area contributed by atoms with Gasteiger partial charge in [0.1, 0.15) is 6.54 Å². The van der Waals surface area contributed by atoms with E-state index in [1.54, 1.807) is 6.07 Å². The van der Waals surface area contributed by atoms with E-state index in [4.69, 9.17) is 11.6 Å². The van der Waals surface area contributed by atoms with E-state index in [0.717, 1.165) is 11.1 Å². The number of hydrogen-bond donors (Lipinski definition) is 1. The predicted octanol–water partition coefficient (Wildman–Crippen LogP) is 3.09. The van der Waals surface area contributed by atoms with E-state index in [-0.39, 0.29) is 18.1 Å². The molecule has 120 valence electrons. The highest BCUT2D eigenvalue weighted by molar-refractivity contribution is 6.34. The van der Waals surface area contributed by atoms with Crippen molar-refractivity contribution in [1.29, 1.82) is 0 Å². The van der Waals surface area contributed by atoms with Gasteiger partial charge in [0, 0.05) is 0 Å². The van der Waals surface area contributed by atoms with E-state index in [9.17, 15) is 14.7 Å². The van der Waals surface area contributed by atoms with Crippen LogP contribution in [0.25, 0.3) is 0 Å². The number of hydrogen-bond acceptors (Lipinski definition) is 3. The van der Waals surface area contributed by atoms with Crippen molar-refractivity contribution in [2.24, 2.45) is 0 Å². The molecular weight excluding hydrogens is 318 g/mol. The lowest BCUT2D eigenvalue weighted by molar-refractivity contribution is -0.117. The lowest BCUT2D eigenvalue weighted by atomic mass is 10.1. The van der Waals surface area contributed by atoms with Gasteiger partial charge in [-0.25, -0.2) is 14.7 Å². The number of aromatic carboxylic acids is 1. The minimum Gasteiger partial charge on any atom is -0.477 e. The molecule has 1 aliphatic heterocycles. The molecule has 2 aromatic rings. The summed E-state index contributed by atoms with van der Waals surface area (Å²) in [5.41, 5.74) is 2.93. The number of carboxylic acids is 1. The number of aromatic nitrogens is 2. The van der Waals surface area contributed by atoms with Gasteiger partial charge in [-0.3, -0.25) is 9.36 Å². The summed E-state index contributed by atoms with van der Waals surface area (Å²) in [4.78, 5) is 29.8. The quantitative estimate of drug-likeness (QED) is 0.936. The van der Waals surface area contributed by atoms with Crippen molar-refractivity contribution in [1.82, 2.24) is 9.55 Å². The number of carbonyl (C=O) groups is 2. The Morgan fingerprint density at radius 2 is 2.09 bits per heavy atom. The summed E-state index contributed by atoms with van der Waals surface area (Å²) in [7, 11) is 0. The lowest BCUT2D eigenvalue weighted by Gasteiger charge is -2.19. The number of carbonyl (C=O) groups excluding carboxylic acids is 1. The van der Waals surface area contributed by atoms with Crippen LogP contribution in [0.3, 0.4) is 0 Å². The highest BCUT2D eigenvalue weighted by atomic mass is 35.5. The number of fused-ring (bicyclic) bond motifs is 1. The second-order valence-corrected chi connectivity index (χ2v) is 6.00. The first-order valence-electron chi connectivity index (χ1n) is 7.27. The molecule has 0 fully saturated rings. The molecule has 0 spiro atoms. The summed E-state index contributed by atoms with van der Waals surface area (Å²) in [6, 6.07) is 3.71. The van der Waals surface area contributed by atoms with Crippen LogP contribution in [0.1, 0.15) is 34.2 Å². The Morgan fingerprint density at radius 3 is 2.65 bits per heavy atom. The van der Waals surface area contributed by atoms with Gasteiger partial charge in [0.2, 0.25) is 5.95 Å². The average Bonchev–Trinajstić information content (AvgIpc) is 2.93. The van der Waals surface area contributed by atoms with E-state index >= 15 is 0 Å². The Morgan fingerprint density at radius 1 is 1.39 bits per heavy atom. The zero-order valence-corrected chi connectivity index (χ0v) is 13.8. The maximum atomic E-state index is 12.5. The number of amides is 1.